The Balaban J connectivity index is 2.41. The van der Waals surface area contributed by atoms with Crippen LogP contribution in [0.15, 0.2) is 18.2 Å². The number of sulfonamides is 1. The van der Waals surface area contributed by atoms with Gasteiger partial charge in [0.05, 0.1) is 17.4 Å². The van der Waals surface area contributed by atoms with Crippen molar-refractivity contribution in [2.75, 3.05) is 13.3 Å². The zero-order chi connectivity index (χ0) is 14.4. The first-order valence-corrected chi connectivity index (χ1v) is 7.08. The van der Waals surface area contributed by atoms with Gasteiger partial charge in [-0.3, -0.25) is 19.3 Å². The average molecular weight is 282 g/mol. The molecule has 1 aliphatic rings. The maximum absolute atomic E-state index is 11.7. The van der Waals surface area contributed by atoms with Gasteiger partial charge in [-0.25, -0.2) is 13.1 Å². The van der Waals surface area contributed by atoms with Crippen LogP contribution >= 0.6 is 0 Å². The number of imide groups is 1. The van der Waals surface area contributed by atoms with E-state index in [0.717, 1.165) is 11.2 Å². The van der Waals surface area contributed by atoms with E-state index in [1.807, 2.05) is 0 Å². The highest BCUT2D eigenvalue weighted by molar-refractivity contribution is 7.89. The van der Waals surface area contributed by atoms with Gasteiger partial charge in [-0.05, 0) is 18.2 Å². The lowest BCUT2D eigenvalue weighted by Gasteiger charge is -2.03. The maximum atomic E-state index is 11.7. The number of nitrogens with one attached hydrogen (secondary N) is 1. The first-order valence-electron chi connectivity index (χ1n) is 5.19. The molecule has 0 aliphatic carbocycles. The summed E-state index contributed by atoms with van der Waals surface area (Å²) in [6.45, 7) is 0. The monoisotopic (exact) mass is 282 g/mol. The van der Waals surface area contributed by atoms with Crippen molar-refractivity contribution in [3.8, 4) is 0 Å². The number of carbonyl (C=O) groups is 3. The first kappa shape index (κ1) is 13.2. The molecule has 19 heavy (non-hydrogen) atoms. The first-order chi connectivity index (χ1) is 8.70. The molecule has 3 amide bonds. The minimum absolute atomic E-state index is 0.000579. The molecule has 0 aromatic heterocycles. The molecule has 2 rings (SSSR count). The molecule has 1 N–H and O–H groups in total. The van der Waals surface area contributed by atoms with Crippen LogP contribution in [0.5, 0.6) is 0 Å². The summed E-state index contributed by atoms with van der Waals surface area (Å²) in [5.74, 6) is -1.82. The number of hydrogen-bond acceptors (Lipinski definition) is 5. The average Bonchev–Trinajstić information content (AvgIpc) is 2.52. The Bertz CT molecular complexity index is 708. The van der Waals surface area contributed by atoms with Crippen LogP contribution in [0.3, 0.4) is 0 Å². The molecule has 0 radical (unpaired) electrons. The SMILES string of the molecule is CN1C(=O)c2ccc(C(=O)NS(C)(=O)=O)cc2C1=O. The third-order valence-electron chi connectivity index (χ3n) is 2.63. The third-order valence-corrected chi connectivity index (χ3v) is 3.19. The van der Waals surface area contributed by atoms with Crippen LogP contribution in [0.25, 0.3) is 0 Å². The number of carbonyl (C=O) groups excluding carboxylic acids is 3. The lowest BCUT2D eigenvalue weighted by atomic mass is 10.1. The summed E-state index contributed by atoms with van der Waals surface area (Å²) >= 11 is 0. The molecule has 0 bridgehead atoms. The maximum Gasteiger partial charge on any atom is 0.264 e. The normalized spacial score (nSPS) is 14.5. The number of nitrogens with zero attached hydrogens (tertiary/aromatic N) is 1. The van der Waals surface area contributed by atoms with Crippen LogP contribution in [-0.2, 0) is 10.0 Å². The number of hydrogen-bond donors (Lipinski definition) is 1. The second-order valence-corrected chi connectivity index (χ2v) is 5.88. The topological polar surface area (TPSA) is 101 Å². The predicted molar refractivity (Wildman–Crippen MR) is 65.2 cm³/mol. The van der Waals surface area contributed by atoms with E-state index >= 15 is 0 Å². The predicted octanol–water partition coefficient (Wildman–Crippen LogP) is -0.398. The Kier molecular flexibility index (Phi) is 2.90. The zero-order valence-corrected chi connectivity index (χ0v) is 10.9. The van der Waals surface area contributed by atoms with Gasteiger partial charge in [0.25, 0.3) is 17.7 Å². The highest BCUT2D eigenvalue weighted by atomic mass is 32.2. The van der Waals surface area contributed by atoms with E-state index in [0.29, 0.717) is 0 Å². The smallest absolute Gasteiger partial charge is 0.264 e. The molecule has 1 aromatic rings. The molecule has 0 saturated carbocycles. The molecule has 100 valence electrons. The van der Waals surface area contributed by atoms with E-state index in [1.54, 1.807) is 4.72 Å². The van der Waals surface area contributed by atoms with Crippen LogP contribution in [0.1, 0.15) is 31.1 Å². The van der Waals surface area contributed by atoms with Gasteiger partial charge in [0.1, 0.15) is 0 Å². The highest BCUT2D eigenvalue weighted by Gasteiger charge is 2.33. The van der Waals surface area contributed by atoms with Gasteiger partial charge in [-0.15, -0.1) is 0 Å². The van der Waals surface area contributed by atoms with Crippen molar-refractivity contribution in [2.24, 2.45) is 0 Å². The van der Waals surface area contributed by atoms with Crippen LogP contribution in [0, 0.1) is 0 Å². The number of fused-ring (bicyclic) bond motifs is 1. The van der Waals surface area contributed by atoms with E-state index in [1.165, 1.54) is 25.2 Å². The second-order valence-electron chi connectivity index (χ2n) is 4.13. The second kappa shape index (κ2) is 4.16. The van der Waals surface area contributed by atoms with Crippen LogP contribution in [0.4, 0.5) is 0 Å². The van der Waals surface area contributed by atoms with Crippen molar-refractivity contribution in [3.05, 3.63) is 34.9 Å². The Hall–Kier alpha value is -2.22. The Morgan fingerprint density at radius 2 is 1.74 bits per heavy atom. The quantitative estimate of drug-likeness (QED) is 0.744. The molecule has 0 atom stereocenters. The molecule has 0 fully saturated rings. The number of rotatable bonds is 2. The lowest BCUT2D eigenvalue weighted by Crippen LogP contribution is -2.29. The molecule has 1 aromatic carbocycles. The molecule has 0 saturated heterocycles. The summed E-state index contributed by atoms with van der Waals surface area (Å²) in [6, 6.07) is 3.83. The van der Waals surface area contributed by atoms with Gasteiger partial charge in [-0.2, -0.15) is 0 Å². The molecule has 1 aliphatic heterocycles. The summed E-state index contributed by atoms with van der Waals surface area (Å²) in [5.41, 5.74) is 0.290. The fourth-order valence-electron chi connectivity index (χ4n) is 1.73. The van der Waals surface area contributed by atoms with Crippen LogP contribution in [-0.4, -0.2) is 44.3 Å². The number of benzene rings is 1. The van der Waals surface area contributed by atoms with Gasteiger partial charge < -0.3 is 0 Å². The molecule has 1 heterocycles. The fourth-order valence-corrected chi connectivity index (χ4v) is 2.18. The summed E-state index contributed by atoms with van der Waals surface area (Å²) in [6.07, 6.45) is 0.848. The third kappa shape index (κ3) is 2.34. The summed E-state index contributed by atoms with van der Waals surface area (Å²) in [7, 11) is -2.35. The van der Waals surface area contributed by atoms with Crippen LogP contribution < -0.4 is 4.72 Å². The van der Waals surface area contributed by atoms with Crippen molar-refractivity contribution < 1.29 is 22.8 Å². The van der Waals surface area contributed by atoms with Gasteiger partial charge in [0, 0.05) is 12.6 Å². The van der Waals surface area contributed by atoms with E-state index in [9.17, 15) is 22.8 Å². The molecular formula is C11H10N2O5S. The standard InChI is InChI=1S/C11H10N2O5S/c1-13-10(15)7-4-3-6(5-8(7)11(13)16)9(14)12-19(2,17)18/h3-5H,1-2H3,(H,12,14). The van der Waals surface area contributed by atoms with E-state index in [-0.39, 0.29) is 16.7 Å². The van der Waals surface area contributed by atoms with E-state index in [2.05, 4.69) is 0 Å². The zero-order valence-electron chi connectivity index (χ0n) is 10.1. The summed E-state index contributed by atoms with van der Waals surface area (Å²) in [5, 5.41) is 0. The summed E-state index contributed by atoms with van der Waals surface area (Å²) < 4.78 is 23.7. The highest BCUT2D eigenvalue weighted by Crippen LogP contribution is 2.22. The van der Waals surface area contributed by atoms with Gasteiger partial charge >= 0.3 is 0 Å². The molecule has 8 heteroatoms. The fraction of sp³-hybridized carbons (Fsp3) is 0.182. The largest absolute Gasteiger partial charge is 0.277 e. The molecular weight excluding hydrogens is 272 g/mol. The lowest BCUT2D eigenvalue weighted by molar-refractivity contribution is 0.0693. The van der Waals surface area contributed by atoms with Crippen molar-refractivity contribution >= 4 is 27.7 Å². The number of amides is 3. The van der Waals surface area contributed by atoms with Crippen molar-refractivity contribution in [1.29, 1.82) is 0 Å². The van der Waals surface area contributed by atoms with Gasteiger partial charge in [0.15, 0.2) is 0 Å². The Labute approximate surface area is 109 Å². The van der Waals surface area contributed by atoms with E-state index < -0.39 is 27.7 Å². The van der Waals surface area contributed by atoms with Gasteiger partial charge in [-0.1, -0.05) is 0 Å². The minimum Gasteiger partial charge on any atom is -0.277 e. The van der Waals surface area contributed by atoms with Crippen molar-refractivity contribution in [1.82, 2.24) is 9.62 Å². The van der Waals surface area contributed by atoms with Crippen molar-refractivity contribution in [2.45, 2.75) is 0 Å². The van der Waals surface area contributed by atoms with Gasteiger partial charge in [0.2, 0.25) is 10.0 Å². The van der Waals surface area contributed by atoms with Crippen LogP contribution in [0.2, 0.25) is 0 Å². The molecule has 0 spiro atoms. The van der Waals surface area contributed by atoms with Crippen molar-refractivity contribution in [3.63, 3.8) is 0 Å². The minimum atomic E-state index is -3.68. The Morgan fingerprint density at radius 1 is 1.16 bits per heavy atom. The summed E-state index contributed by atoms with van der Waals surface area (Å²) in [4.78, 5) is 35.9. The Morgan fingerprint density at radius 3 is 2.32 bits per heavy atom. The molecule has 0 unspecified atom stereocenters. The van der Waals surface area contributed by atoms with E-state index in [4.69, 9.17) is 0 Å². The molecule has 7 nitrogen and oxygen atoms in total.